The fraction of sp³-hybridized carbons (Fsp3) is 0.250. The molecule has 1 aromatic carbocycles. The third kappa shape index (κ3) is 3.69. The van der Waals surface area contributed by atoms with Gasteiger partial charge in [-0.25, -0.2) is 0 Å². The maximum Gasteiger partial charge on any atom is 0.288 e. The lowest BCUT2D eigenvalue weighted by atomic mass is 10.1. The number of benzene rings is 1. The monoisotopic (exact) mass is 348 g/mol. The van der Waals surface area contributed by atoms with Crippen LogP contribution in [0.3, 0.4) is 0 Å². The van der Waals surface area contributed by atoms with Gasteiger partial charge in [-0.05, 0) is 23.6 Å². The van der Waals surface area contributed by atoms with Crippen LogP contribution >= 0.6 is 12.4 Å². The van der Waals surface area contributed by atoms with E-state index in [1.807, 2.05) is 6.07 Å². The molecule has 0 saturated heterocycles. The molecular weight excluding hydrogens is 332 g/mol. The van der Waals surface area contributed by atoms with Gasteiger partial charge < -0.3 is 10.6 Å². The molecule has 0 bridgehead atoms. The standard InChI is InChI=1S/C16H16N4O3.ClH/c1-10-15(5-14(9-18-10)20(22)23)16(21)19-6-11-2-3-12-7-17-8-13(12)4-11;/h2-5,9,17H,6-8H2,1H3,(H,19,21);1H. The number of carbonyl (C=O) groups excluding carboxylic acids is 1. The Hall–Kier alpha value is -2.51. The summed E-state index contributed by atoms with van der Waals surface area (Å²) >= 11 is 0. The third-order valence-electron chi connectivity index (χ3n) is 3.88. The summed E-state index contributed by atoms with van der Waals surface area (Å²) in [5.74, 6) is -0.364. The molecule has 2 N–H and O–H groups in total. The van der Waals surface area contributed by atoms with Crippen molar-refractivity contribution in [3.8, 4) is 0 Å². The third-order valence-corrected chi connectivity index (χ3v) is 3.88. The molecule has 0 spiro atoms. The minimum Gasteiger partial charge on any atom is -0.348 e. The number of fused-ring (bicyclic) bond motifs is 1. The fourth-order valence-electron chi connectivity index (χ4n) is 2.59. The van der Waals surface area contributed by atoms with Crippen molar-refractivity contribution < 1.29 is 9.72 Å². The second-order valence-electron chi connectivity index (χ2n) is 5.47. The van der Waals surface area contributed by atoms with Crippen molar-refractivity contribution in [3.63, 3.8) is 0 Å². The Kier molecular flexibility index (Phi) is 5.48. The molecule has 7 nitrogen and oxygen atoms in total. The van der Waals surface area contributed by atoms with Crippen LogP contribution in [0.1, 0.15) is 32.7 Å². The minimum atomic E-state index is -0.559. The lowest BCUT2D eigenvalue weighted by molar-refractivity contribution is -0.385. The lowest BCUT2D eigenvalue weighted by Gasteiger charge is -2.08. The molecule has 0 radical (unpaired) electrons. The Labute approximate surface area is 145 Å². The number of hydrogen-bond acceptors (Lipinski definition) is 5. The molecule has 0 unspecified atom stereocenters. The zero-order chi connectivity index (χ0) is 16.4. The molecule has 1 aliphatic heterocycles. The maximum absolute atomic E-state index is 12.3. The van der Waals surface area contributed by atoms with Crippen LogP contribution in [-0.2, 0) is 19.6 Å². The van der Waals surface area contributed by atoms with Crippen LogP contribution in [0.4, 0.5) is 5.69 Å². The summed E-state index contributed by atoms with van der Waals surface area (Å²) in [5.41, 5.74) is 4.01. The van der Waals surface area contributed by atoms with Gasteiger partial charge in [0.25, 0.3) is 11.6 Å². The van der Waals surface area contributed by atoms with Crippen LogP contribution in [0.25, 0.3) is 0 Å². The minimum absolute atomic E-state index is 0. The van der Waals surface area contributed by atoms with Crippen molar-refractivity contribution in [1.82, 2.24) is 15.6 Å². The largest absolute Gasteiger partial charge is 0.348 e. The molecule has 1 aliphatic rings. The van der Waals surface area contributed by atoms with Gasteiger partial charge in [-0.2, -0.15) is 0 Å². The highest BCUT2D eigenvalue weighted by Crippen LogP contribution is 2.18. The Bertz CT molecular complexity index is 795. The van der Waals surface area contributed by atoms with Gasteiger partial charge in [0.15, 0.2) is 0 Å². The average Bonchev–Trinajstić information content (AvgIpc) is 3.00. The molecule has 0 saturated carbocycles. The lowest BCUT2D eigenvalue weighted by Crippen LogP contribution is -2.24. The Morgan fingerprint density at radius 3 is 2.83 bits per heavy atom. The predicted octanol–water partition coefficient (Wildman–Crippen LogP) is 2.25. The van der Waals surface area contributed by atoms with Crippen LogP contribution in [0.2, 0.25) is 0 Å². The molecule has 24 heavy (non-hydrogen) atoms. The Morgan fingerprint density at radius 2 is 2.08 bits per heavy atom. The van der Waals surface area contributed by atoms with Crippen LogP contribution in [0.15, 0.2) is 30.5 Å². The molecule has 0 aliphatic carbocycles. The van der Waals surface area contributed by atoms with E-state index < -0.39 is 4.92 Å². The van der Waals surface area contributed by atoms with E-state index >= 15 is 0 Å². The molecule has 0 atom stereocenters. The van der Waals surface area contributed by atoms with Gasteiger partial charge in [-0.1, -0.05) is 18.2 Å². The van der Waals surface area contributed by atoms with Crippen molar-refractivity contribution in [2.75, 3.05) is 0 Å². The first-order chi connectivity index (χ1) is 11.0. The summed E-state index contributed by atoms with van der Waals surface area (Å²) in [5, 5.41) is 16.9. The fourth-order valence-corrected chi connectivity index (χ4v) is 2.59. The summed E-state index contributed by atoms with van der Waals surface area (Å²) in [6, 6.07) is 7.35. The van der Waals surface area contributed by atoms with Gasteiger partial charge in [0.05, 0.1) is 16.2 Å². The molecule has 126 valence electrons. The van der Waals surface area contributed by atoms with E-state index in [1.54, 1.807) is 6.92 Å². The first-order valence-electron chi connectivity index (χ1n) is 7.25. The quantitative estimate of drug-likeness (QED) is 0.652. The predicted molar refractivity (Wildman–Crippen MR) is 91.0 cm³/mol. The number of rotatable bonds is 4. The first kappa shape index (κ1) is 17.8. The molecule has 1 aromatic heterocycles. The zero-order valence-corrected chi connectivity index (χ0v) is 13.9. The van der Waals surface area contributed by atoms with Crippen LogP contribution in [-0.4, -0.2) is 15.8 Å². The number of pyridine rings is 1. The molecule has 1 amide bonds. The zero-order valence-electron chi connectivity index (χ0n) is 13.0. The summed E-state index contributed by atoms with van der Waals surface area (Å²) in [6.07, 6.45) is 1.15. The number of amides is 1. The van der Waals surface area contributed by atoms with Gasteiger partial charge in [-0.3, -0.25) is 19.9 Å². The highest BCUT2D eigenvalue weighted by molar-refractivity contribution is 5.95. The summed E-state index contributed by atoms with van der Waals surface area (Å²) in [4.78, 5) is 26.4. The summed E-state index contributed by atoms with van der Waals surface area (Å²) in [7, 11) is 0. The number of aromatic nitrogens is 1. The summed E-state index contributed by atoms with van der Waals surface area (Å²) < 4.78 is 0. The number of carbonyl (C=O) groups is 1. The van der Waals surface area contributed by atoms with E-state index in [1.165, 1.54) is 17.2 Å². The van der Waals surface area contributed by atoms with Crippen molar-refractivity contribution >= 4 is 24.0 Å². The second-order valence-corrected chi connectivity index (χ2v) is 5.47. The van der Waals surface area contributed by atoms with Crippen molar-refractivity contribution in [2.24, 2.45) is 0 Å². The number of halogens is 1. The average molecular weight is 349 g/mol. The molecule has 2 aromatic rings. The van der Waals surface area contributed by atoms with Gasteiger partial charge in [-0.15, -0.1) is 12.4 Å². The van der Waals surface area contributed by atoms with Crippen LogP contribution < -0.4 is 10.6 Å². The van der Waals surface area contributed by atoms with Crippen LogP contribution in [0, 0.1) is 17.0 Å². The first-order valence-corrected chi connectivity index (χ1v) is 7.25. The topological polar surface area (TPSA) is 97.2 Å². The van der Waals surface area contributed by atoms with E-state index in [9.17, 15) is 14.9 Å². The van der Waals surface area contributed by atoms with E-state index in [0.29, 0.717) is 12.2 Å². The summed E-state index contributed by atoms with van der Waals surface area (Å²) in [6.45, 7) is 3.74. The molecule has 2 heterocycles. The Balaban J connectivity index is 0.00000208. The van der Waals surface area contributed by atoms with Crippen LogP contribution in [0.5, 0.6) is 0 Å². The highest BCUT2D eigenvalue weighted by Gasteiger charge is 2.16. The van der Waals surface area contributed by atoms with Crippen molar-refractivity contribution in [1.29, 1.82) is 0 Å². The van der Waals surface area contributed by atoms with E-state index in [-0.39, 0.29) is 29.6 Å². The number of nitro groups is 1. The molecule has 8 heteroatoms. The van der Waals surface area contributed by atoms with E-state index in [2.05, 4.69) is 27.8 Å². The van der Waals surface area contributed by atoms with Gasteiger partial charge in [0.2, 0.25) is 0 Å². The van der Waals surface area contributed by atoms with E-state index in [0.717, 1.165) is 24.8 Å². The number of hydrogen-bond donors (Lipinski definition) is 2. The number of nitrogens with zero attached hydrogens (tertiary/aromatic N) is 2. The number of aryl methyl sites for hydroxylation is 1. The molecule has 3 rings (SSSR count). The van der Waals surface area contributed by atoms with Crippen molar-refractivity contribution in [3.05, 3.63) is 68.5 Å². The Morgan fingerprint density at radius 1 is 1.33 bits per heavy atom. The SMILES string of the molecule is Cc1ncc([N+](=O)[O-])cc1C(=O)NCc1ccc2c(c1)CNC2.Cl. The smallest absolute Gasteiger partial charge is 0.288 e. The molecule has 0 fully saturated rings. The number of nitrogens with one attached hydrogen (secondary N) is 2. The molecular formula is C16H17ClN4O3. The highest BCUT2D eigenvalue weighted by atomic mass is 35.5. The second kappa shape index (κ2) is 7.37. The maximum atomic E-state index is 12.3. The van der Waals surface area contributed by atoms with Gasteiger partial charge >= 0.3 is 0 Å². The van der Waals surface area contributed by atoms with Crippen molar-refractivity contribution in [2.45, 2.75) is 26.6 Å². The normalized spacial score (nSPS) is 12.2. The van der Waals surface area contributed by atoms with Gasteiger partial charge in [0, 0.05) is 25.7 Å². The van der Waals surface area contributed by atoms with Gasteiger partial charge in [0.1, 0.15) is 6.20 Å². The van der Waals surface area contributed by atoms with E-state index in [4.69, 9.17) is 0 Å².